The van der Waals surface area contributed by atoms with Crippen LogP contribution in [0.15, 0.2) is 6.20 Å². The Morgan fingerprint density at radius 1 is 1.31 bits per heavy atom. The summed E-state index contributed by atoms with van der Waals surface area (Å²) < 4.78 is 0. The zero-order valence-corrected chi connectivity index (χ0v) is 10.6. The smallest absolute Gasteiger partial charge is 0.0219 e. The fourth-order valence-electron chi connectivity index (χ4n) is 3.65. The standard InChI is InChI=1S/C15H23N/c1-3-5-12-9-16-15-13-8-11(13)7-6-10(4-2)14(12)15/h9-11,13,16H,3-8H2,1-2H3/t10-,11?,13?/m0/s1. The number of fused-ring (bicyclic) bond motifs is 3. The van der Waals surface area contributed by atoms with E-state index in [9.17, 15) is 0 Å². The molecule has 0 spiro atoms. The lowest BCUT2D eigenvalue weighted by atomic mass is 9.88. The molecule has 0 aromatic carbocycles. The van der Waals surface area contributed by atoms with E-state index in [1.54, 1.807) is 16.8 Å². The maximum Gasteiger partial charge on any atom is 0.0219 e. The van der Waals surface area contributed by atoms with E-state index < -0.39 is 0 Å². The number of nitrogens with one attached hydrogen (secondary N) is 1. The Hall–Kier alpha value is -0.720. The van der Waals surface area contributed by atoms with Crippen molar-refractivity contribution in [1.29, 1.82) is 0 Å². The molecule has 1 fully saturated rings. The Morgan fingerprint density at radius 3 is 2.94 bits per heavy atom. The Kier molecular flexibility index (Phi) is 2.57. The zero-order chi connectivity index (χ0) is 11.1. The third kappa shape index (κ3) is 1.52. The average Bonchev–Trinajstić information content (AvgIpc) is 2.97. The highest BCUT2D eigenvalue weighted by Gasteiger charge is 2.43. The van der Waals surface area contributed by atoms with Crippen LogP contribution in [0.4, 0.5) is 0 Å². The topological polar surface area (TPSA) is 15.8 Å². The van der Waals surface area contributed by atoms with Gasteiger partial charge in [0.2, 0.25) is 0 Å². The molecule has 1 aromatic rings. The first kappa shape index (κ1) is 10.4. The largest absolute Gasteiger partial charge is 0.364 e. The van der Waals surface area contributed by atoms with Crippen molar-refractivity contribution in [2.24, 2.45) is 5.92 Å². The van der Waals surface area contributed by atoms with Crippen molar-refractivity contribution in [3.05, 3.63) is 23.0 Å². The van der Waals surface area contributed by atoms with Gasteiger partial charge in [-0.25, -0.2) is 0 Å². The second kappa shape index (κ2) is 3.94. The van der Waals surface area contributed by atoms with Crippen molar-refractivity contribution in [2.45, 2.75) is 64.2 Å². The van der Waals surface area contributed by atoms with Crippen LogP contribution in [-0.4, -0.2) is 4.98 Å². The summed E-state index contributed by atoms with van der Waals surface area (Å²) in [5.74, 6) is 2.76. The van der Waals surface area contributed by atoms with Crippen LogP contribution in [0.25, 0.3) is 0 Å². The van der Waals surface area contributed by atoms with Gasteiger partial charge in [-0.15, -0.1) is 0 Å². The highest BCUT2D eigenvalue weighted by atomic mass is 14.7. The summed E-state index contributed by atoms with van der Waals surface area (Å²) in [4.78, 5) is 3.61. The molecule has 1 heterocycles. The van der Waals surface area contributed by atoms with Crippen LogP contribution >= 0.6 is 0 Å². The van der Waals surface area contributed by atoms with E-state index in [1.807, 2.05) is 0 Å². The third-order valence-corrected chi connectivity index (χ3v) is 4.64. The lowest BCUT2D eigenvalue weighted by Crippen LogP contribution is -2.01. The van der Waals surface area contributed by atoms with Gasteiger partial charge >= 0.3 is 0 Å². The zero-order valence-electron chi connectivity index (χ0n) is 10.6. The molecule has 0 bridgehead atoms. The maximum absolute atomic E-state index is 3.61. The van der Waals surface area contributed by atoms with Gasteiger partial charge < -0.3 is 4.98 Å². The molecular formula is C15H23N. The van der Waals surface area contributed by atoms with Crippen LogP contribution < -0.4 is 0 Å². The quantitative estimate of drug-likeness (QED) is 0.774. The number of aromatic amines is 1. The van der Waals surface area contributed by atoms with E-state index in [-0.39, 0.29) is 0 Å². The first-order valence-corrected chi connectivity index (χ1v) is 7.05. The van der Waals surface area contributed by atoms with E-state index in [0.717, 1.165) is 17.8 Å². The van der Waals surface area contributed by atoms with Gasteiger partial charge in [-0.3, -0.25) is 0 Å². The lowest BCUT2D eigenvalue weighted by Gasteiger charge is -2.16. The SMILES string of the molecule is CCCc1c[nH]c2c1[C@@H](CC)CCC1CC21. The van der Waals surface area contributed by atoms with Gasteiger partial charge in [0.15, 0.2) is 0 Å². The van der Waals surface area contributed by atoms with Gasteiger partial charge in [-0.05, 0) is 55.1 Å². The molecule has 88 valence electrons. The maximum atomic E-state index is 3.61. The molecule has 2 aliphatic carbocycles. The van der Waals surface area contributed by atoms with Crippen LogP contribution in [0.3, 0.4) is 0 Å². The molecular weight excluding hydrogens is 194 g/mol. The van der Waals surface area contributed by atoms with Crippen LogP contribution in [0.5, 0.6) is 0 Å². The summed E-state index contributed by atoms with van der Waals surface area (Å²) in [7, 11) is 0. The molecule has 0 aliphatic heterocycles. The van der Waals surface area contributed by atoms with Crippen molar-refractivity contribution < 1.29 is 0 Å². The molecule has 16 heavy (non-hydrogen) atoms. The number of H-pyrrole nitrogens is 1. The first-order chi connectivity index (χ1) is 7.85. The van der Waals surface area contributed by atoms with Crippen LogP contribution in [0.1, 0.15) is 74.6 Å². The summed E-state index contributed by atoms with van der Waals surface area (Å²) in [5, 5.41) is 0. The fraction of sp³-hybridized carbons (Fsp3) is 0.733. The molecule has 3 atom stereocenters. The predicted molar refractivity (Wildman–Crippen MR) is 67.9 cm³/mol. The number of aromatic nitrogens is 1. The van der Waals surface area contributed by atoms with E-state index >= 15 is 0 Å². The van der Waals surface area contributed by atoms with Crippen LogP contribution in [0, 0.1) is 5.92 Å². The predicted octanol–water partition coefficient (Wildman–Crippen LogP) is 4.36. The number of hydrogen-bond acceptors (Lipinski definition) is 0. The normalized spacial score (nSPS) is 31.8. The number of aryl methyl sites for hydroxylation is 1. The first-order valence-electron chi connectivity index (χ1n) is 7.05. The highest BCUT2D eigenvalue weighted by Crippen LogP contribution is 2.56. The summed E-state index contributed by atoms with van der Waals surface area (Å²) in [6.07, 6.45) is 10.5. The van der Waals surface area contributed by atoms with Gasteiger partial charge in [0, 0.05) is 17.8 Å². The minimum Gasteiger partial charge on any atom is -0.364 e. The average molecular weight is 217 g/mol. The molecule has 2 unspecified atom stereocenters. The minimum atomic E-state index is 0.843. The second-order valence-corrected chi connectivity index (χ2v) is 5.68. The van der Waals surface area contributed by atoms with Gasteiger partial charge in [0.25, 0.3) is 0 Å². The molecule has 2 aliphatic rings. The molecule has 1 aromatic heterocycles. The van der Waals surface area contributed by atoms with Crippen molar-refractivity contribution in [2.75, 3.05) is 0 Å². The number of rotatable bonds is 3. The second-order valence-electron chi connectivity index (χ2n) is 5.68. The van der Waals surface area contributed by atoms with Crippen molar-refractivity contribution in [3.63, 3.8) is 0 Å². The lowest BCUT2D eigenvalue weighted by molar-refractivity contribution is 0.555. The third-order valence-electron chi connectivity index (χ3n) is 4.64. The summed E-state index contributed by atoms with van der Waals surface area (Å²) in [6, 6.07) is 0. The van der Waals surface area contributed by atoms with E-state index in [1.165, 1.54) is 38.5 Å². The van der Waals surface area contributed by atoms with E-state index in [4.69, 9.17) is 0 Å². The van der Waals surface area contributed by atoms with Gasteiger partial charge in [0.1, 0.15) is 0 Å². The molecule has 1 heteroatoms. The van der Waals surface area contributed by atoms with E-state index in [0.29, 0.717) is 0 Å². The van der Waals surface area contributed by atoms with Crippen LogP contribution in [0.2, 0.25) is 0 Å². The molecule has 0 amide bonds. The molecule has 0 radical (unpaired) electrons. The fourth-order valence-corrected chi connectivity index (χ4v) is 3.65. The molecule has 3 rings (SSSR count). The summed E-state index contributed by atoms with van der Waals surface area (Å²) in [6.45, 7) is 4.64. The van der Waals surface area contributed by atoms with Crippen molar-refractivity contribution in [1.82, 2.24) is 4.98 Å². The Labute approximate surface area is 98.6 Å². The Bertz CT molecular complexity index is 377. The molecule has 0 saturated heterocycles. The van der Waals surface area contributed by atoms with Gasteiger partial charge in [0.05, 0.1) is 0 Å². The molecule has 1 N–H and O–H groups in total. The minimum absolute atomic E-state index is 0.843. The van der Waals surface area contributed by atoms with Crippen molar-refractivity contribution >= 4 is 0 Å². The summed E-state index contributed by atoms with van der Waals surface area (Å²) in [5.41, 5.74) is 4.98. The summed E-state index contributed by atoms with van der Waals surface area (Å²) >= 11 is 0. The van der Waals surface area contributed by atoms with Gasteiger partial charge in [-0.1, -0.05) is 20.3 Å². The monoisotopic (exact) mass is 217 g/mol. The van der Waals surface area contributed by atoms with Crippen LogP contribution in [-0.2, 0) is 6.42 Å². The van der Waals surface area contributed by atoms with E-state index in [2.05, 4.69) is 25.0 Å². The molecule has 1 nitrogen and oxygen atoms in total. The van der Waals surface area contributed by atoms with Gasteiger partial charge in [-0.2, -0.15) is 0 Å². The molecule has 1 saturated carbocycles. The highest BCUT2D eigenvalue weighted by molar-refractivity contribution is 5.40. The Balaban J connectivity index is 2.00. The van der Waals surface area contributed by atoms with Crippen molar-refractivity contribution in [3.8, 4) is 0 Å². The Morgan fingerprint density at radius 2 is 2.19 bits per heavy atom. The number of hydrogen-bond donors (Lipinski definition) is 1.